The maximum absolute atomic E-state index is 6.04. The van der Waals surface area contributed by atoms with E-state index in [-0.39, 0.29) is 6.04 Å². The van der Waals surface area contributed by atoms with E-state index in [1.807, 2.05) is 0 Å². The number of aryl methyl sites for hydroxylation is 1. The fourth-order valence-electron chi connectivity index (χ4n) is 2.03. The molecule has 5 heteroatoms. The summed E-state index contributed by atoms with van der Waals surface area (Å²) < 4.78 is 0. The average molecular weight is 209 g/mol. The summed E-state index contributed by atoms with van der Waals surface area (Å²) in [6.45, 7) is 5.22. The second kappa shape index (κ2) is 4.18. The van der Waals surface area contributed by atoms with Crippen LogP contribution in [0.2, 0.25) is 0 Å². The average Bonchev–Trinajstić information content (AvgIpc) is 2.70. The predicted octanol–water partition coefficient (Wildman–Crippen LogP) is 0.683. The molecule has 1 saturated heterocycles. The van der Waals surface area contributed by atoms with Crippen molar-refractivity contribution in [1.82, 2.24) is 15.2 Å². The van der Waals surface area contributed by atoms with Crippen LogP contribution in [0.5, 0.6) is 0 Å². The molecule has 0 saturated carbocycles. The lowest BCUT2D eigenvalue weighted by atomic mass is 9.99. The molecule has 1 aromatic rings. The van der Waals surface area contributed by atoms with Gasteiger partial charge in [0.15, 0.2) is 0 Å². The topological polar surface area (TPSA) is 70.8 Å². The molecule has 1 aliphatic heterocycles. The molecule has 0 aliphatic carbocycles. The highest BCUT2D eigenvalue weighted by Crippen LogP contribution is 2.20. The molecule has 0 amide bonds. The van der Waals surface area contributed by atoms with Gasteiger partial charge in [-0.25, -0.2) is 0 Å². The number of aromatic nitrogens is 3. The first-order chi connectivity index (χ1) is 7.22. The molecular formula is C10H19N5. The van der Waals surface area contributed by atoms with Crippen molar-refractivity contribution in [2.24, 2.45) is 5.73 Å². The van der Waals surface area contributed by atoms with Crippen LogP contribution in [0.1, 0.15) is 32.5 Å². The van der Waals surface area contributed by atoms with Gasteiger partial charge in [-0.2, -0.15) is 4.98 Å². The van der Waals surface area contributed by atoms with Crippen LogP contribution < -0.4 is 10.6 Å². The lowest BCUT2D eigenvalue weighted by molar-refractivity contribution is 0.416. The Morgan fingerprint density at radius 1 is 1.60 bits per heavy atom. The summed E-state index contributed by atoms with van der Waals surface area (Å²) >= 11 is 0. The minimum atomic E-state index is 0.238. The summed E-state index contributed by atoms with van der Waals surface area (Å²) in [6, 6.07) is 0.571. The minimum absolute atomic E-state index is 0.238. The summed E-state index contributed by atoms with van der Waals surface area (Å²) in [5, 5.41) is 7.17. The van der Waals surface area contributed by atoms with Crippen LogP contribution in [0.25, 0.3) is 0 Å². The summed E-state index contributed by atoms with van der Waals surface area (Å²) in [7, 11) is 0. The van der Waals surface area contributed by atoms with Crippen molar-refractivity contribution in [2.45, 2.75) is 45.2 Å². The number of nitrogens with one attached hydrogen (secondary N) is 1. The van der Waals surface area contributed by atoms with Gasteiger partial charge in [-0.3, -0.25) is 5.10 Å². The first kappa shape index (κ1) is 10.4. The summed E-state index contributed by atoms with van der Waals surface area (Å²) in [5.41, 5.74) is 6.04. The van der Waals surface area contributed by atoms with Crippen LogP contribution in [-0.2, 0) is 6.42 Å². The number of aromatic amines is 1. The molecule has 1 aliphatic rings. The first-order valence-corrected chi connectivity index (χ1v) is 5.66. The maximum Gasteiger partial charge on any atom is 0.244 e. The van der Waals surface area contributed by atoms with Crippen LogP contribution in [-0.4, -0.2) is 33.8 Å². The van der Waals surface area contributed by atoms with Gasteiger partial charge in [0.25, 0.3) is 0 Å². The second-order valence-electron chi connectivity index (χ2n) is 4.18. The highest BCUT2D eigenvalue weighted by molar-refractivity contribution is 5.32. The zero-order valence-corrected chi connectivity index (χ0v) is 9.40. The number of nitrogens with two attached hydrogens (primary N) is 1. The van der Waals surface area contributed by atoms with Crippen molar-refractivity contribution in [2.75, 3.05) is 11.4 Å². The van der Waals surface area contributed by atoms with E-state index in [4.69, 9.17) is 5.73 Å². The Balaban J connectivity index is 2.14. The number of hydrogen-bond acceptors (Lipinski definition) is 4. The number of rotatable bonds is 2. The van der Waals surface area contributed by atoms with Crippen LogP contribution in [0, 0.1) is 0 Å². The van der Waals surface area contributed by atoms with Crippen molar-refractivity contribution < 1.29 is 0 Å². The Labute approximate surface area is 90.1 Å². The van der Waals surface area contributed by atoms with Gasteiger partial charge in [0, 0.05) is 25.0 Å². The molecule has 1 aromatic heterocycles. The Hall–Kier alpha value is -1.10. The third-order valence-electron chi connectivity index (χ3n) is 3.16. The monoisotopic (exact) mass is 209 g/mol. The molecule has 0 aromatic carbocycles. The highest BCUT2D eigenvalue weighted by atomic mass is 15.4. The zero-order chi connectivity index (χ0) is 10.8. The molecule has 2 unspecified atom stereocenters. The van der Waals surface area contributed by atoms with Crippen molar-refractivity contribution in [3.8, 4) is 0 Å². The highest BCUT2D eigenvalue weighted by Gasteiger charge is 2.27. The molecule has 0 bridgehead atoms. The molecule has 2 heterocycles. The molecule has 3 N–H and O–H groups in total. The summed E-state index contributed by atoms with van der Waals surface area (Å²) in [4.78, 5) is 6.64. The van der Waals surface area contributed by atoms with Crippen molar-refractivity contribution in [3.63, 3.8) is 0 Å². The molecule has 84 valence electrons. The second-order valence-corrected chi connectivity index (χ2v) is 4.18. The Morgan fingerprint density at radius 3 is 3.07 bits per heavy atom. The van der Waals surface area contributed by atoms with E-state index in [9.17, 15) is 0 Å². The van der Waals surface area contributed by atoms with E-state index >= 15 is 0 Å². The van der Waals surface area contributed by atoms with Gasteiger partial charge < -0.3 is 10.6 Å². The molecule has 2 rings (SSSR count). The molecule has 0 radical (unpaired) electrons. The summed E-state index contributed by atoms with van der Waals surface area (Å²) in [5.74, 6) is 1.74. The van der Waals surface area contributed by atoms with Crippen LogP contribution in [0.4, 0.5) is 5.95 Å². The lowest BCUT2D eigenvalue weighted by Crippen LogP contribution is -2.50. The Morgan fingerprint density at radius 2 is 2.40 bits per heavy atom. The minimum Gasteiger partial charge on any atom is -0.335 e. The van der Waals surface area contributed by atoms with Gasteiger partial charge in [0.1, 0.15) is 5.82 Å². The number of hydrogen-bond donors (Lipinski definition) is 2. The van der Waals surface area contributed by atoms with E-state index in [1.165, 1.54) is 0 Å². The Bertz CT molecular complexity index is 321. The number of anilines is 1. The SMILES string of the molecule is CCc1nc(N2CCCC(N)C2C)n[nH]1. The van der Waals surface area contributed by atoms with Gasteiger partial charge in [0.05, 0.1) is 0 Å². The third kappa shape index (κ3) is 1.97. The lowest BCUT2D eigenvalue weighted by Gasteiger charge is -2.36. The van der Waals surface area contributed by atoms with E-state index in [2.05, 4.69) is 33.9 Å². The third-order valence-corrected chi connectivity index (χ3v) is 3.16. The molecule has 0 spiro atoms. The first-order valence-electron chi connectivity index (χ1n) is 5.66. The standard InChI is InChI=1S/C10H19N5/c1-3-9-12-10(14-13-9)15-6-4-5-8(11)7(15)2/h7-8H,3-6,11H2,1-2H3,(H,12,13,14). The van der Waals surface area contributed by atoms with Crippen LogP contribution in [0.15, 0.2) is 0 Å². The van der Waals surface area contributed by atoms with E-state index < -0.39 is 0 Å². The zero-order valence-electron chi connectivity index (χ0n) is 9.40. The van der Waals surface area contributed by atoms with Crippen molar-refractivity contribution in [3.05, 3.63) is 5.82 Å². The largest absolute Gasteiger partial charge is 0.335 e. The number of nitrogens with zero attached hydrogens (tertiary/aromatic N) is 3. The van der Waals surface area contributed by atoms with Gasteiger partial charge in [-0.05, 0) is 19.8 Å². The van der Waals surface area contributed by atoms with Crippen LogP contribution in [0.3, 0.4) is 0 Å². The van der Waals surface area contributed by atoms with E-state index in [0.717, 1.165) is 37.6 Å². The van der Waals surface area contributed by atoms with Crippen molar-refractivity contribution >= 4 is 5.95 Å². The van der Waals surface area contributed by atoms with Gasteiger partial charge in [0.2, 0.25) is 5.95 Å². The van der Waals surface area contributed by atoms with E-state index in [1.54, 1.807) is 0 Å². The number of piperidine rings is 1. The molecule has 15 heavy (non-hydrogen) atoms. The predicted molar refractivity (Wildman–Crippen MR) is 59.8 cm³/mol. The summed E-state index contributed by atoms with van der Waals surface area (Å²) in [6.07, 6.45) is 3.12. The van der Waals surface area contributed by atoms with Gasteiger partial charge in [-0.1, -0.05) is 6.92 Å². The van der Waals surface area contributed by atoms with Gasteiger partial charge in [-0.15, -0.1) is 5.10 Å². The molecule has 5 nitrogen and oxygen atoms in total. The fraction of sp³-hybridized carbons (Fsp3) is 0.800. The smallest absolute Gasteiger partial charge is 0.244 e. The van der Waals surface area contributed by atoms with Crippen LogP contribution >= 0.6 is 0 Å². The van der Waals surface area contributed by atoms with E-state index in [0.29, 0.717) is 6.04 Å². The number of H-pyrrole nitrogens is 1. The molecule has 1 fully saturated rings. The van der Waals surface area contributed by atoms with Crippen molar-refractivity contribution in [1.29, 1.82) is 0 Å². The fourth-order valence-corrected chi connectivity index (χ4v) is 2.03. The van der Waals surface area contributed by atoms with Gasteiger partial charge >= 0.3 is 0 Å². The molecule has 2 atom stereocenters. The normalized spacial score (nSPS) is 27.0. The quantitative estimate of drug-likeness (QED) is 0.751. The Kier molecular flexibility index (Phi) is 2.90. The molecular weight excluding hydrogens is 190 g/mol. The maximum atomic E-state index is 6.04.